The van der Waals surface area contributed by atoms with Gasteiger partial charge >= 0.3 is 0 Å². The van der Waals surface area contributed by atoms with Crippen LogP contribution in [0.4, 0.5) is 5.82 Å². The number of rotatable bonds is 3. The Morgan fingerprint density at radius 2 is 1.67 bits per heavy atom. The number of halogens is 1. The van der Waals surface area contributed by atoms with Gasteiger partial charge in [0.05, 0.1) is 11.1 Å². The highest BCUT2D eigenvalue weighted by Crippen LogP contribution is 2.34. The van der Waals surface area contributed by atoms with E-state index in [1.54, 1.807) is 6.07 Å². The molecule has 2 aliphatic heterocycles. The van der Waals surface area contributed by atoms with Gasteiger partial charge in [-0.3, -0.25) is 0 Å². The van der Waals surface area contributed by atoms with E-state index in [9.17, 15) is 5.11 Å². The predicted octanol–water partition coefficient (Wildman–Crippen LogP) is 5.11. The van der Waals surface area contributed by atoms with Gasteiger partial charge in [-0.15, -0.1) is 0 Å². The molecule has 0 amide bonds. The molecular formula is C24H27ClN4O. The van der Waals surface area contributed by atoms with Gasteiger partial charge in [0, 0.05) is 29.5 Å². The molecule has 6 heteroatoms. The maximum absolute atomic E-state index is 10.3. The van der Waals surface area contributed by atoms with Crippen molar-refractivity contribution < 1.29 is 5.11 Å². The van der Waals surface area contributed by atoms with Gasteiger partial charge in [0.1, 0.15) is 11.6 Å². The van der Waals surface area contributed by atoms with Crippen LogP contribution in [0.3, 0.4) is 0 Å². The number of piperidine rings is 2. The van der Waals surface area contributed by atoms with Crippen LogP contribution >= 0.6 is 11.6 Å². The number of anilines is 1. The van der Waals surface area contributed by atoms with Gasteiger partial charge in [-0.25, -0.2) is 9.97 Å². The van der Waals surface area contributed by atoms with Crippen molar-refractivity contribution in [2.75, 3.05) is 31.1 Å². The SMILES string of the molecule is Oc1ccccc1-c1nc(N2CCC(N3CCCCC3)CC2)c2ccc(Cl)cc2n1. The number of aromatic nitrogens is 2. The molecule has 0 saturated carbocycles. The number of nitrogens with zero attached hydrogens (tertiary/aromatic N) is 4. The highest BCUT2D eigenvalue weighted by Gasteiger charge is 2.27. The van der Waals surface area contributed by atoms with Crippen LogP contribution in [0.25, 0.3) is 22.3 Å². The first-order valence-corrected chi connectivity index (χ1v) is 11.3. The summed E-state index contributed by atoms with van der Waals surface area (Å²) in [5, 5.41) is 12.0. The third-order valence-corrected chi connectivity index (χ3v) is 6.69. The molecule has 1 aromatic heterocycles. The first-order valence-electron chi connectivity index (χ1n) is 10.9. The van der Waals surface area contributed by atoms with Gasteiger partial charge in [0.2, 0.25) is 0 Å². The molecule has 2 saturated heterocycles. The molecule has 156 valence electrons. The minimum absolute atomic E-state index is 0.189. The van der Waals surface area contributed by atoms with Crippen LogP contribution in [0.15, 0.2) is 42.5 Å². The third kappa shape index (κ3) is 3.84. The van der Waals surface area contributed by atoms with Crippen LogP contribution in [-0.4, -0.2) is 52.2 Å². The van der Waals surface area contributed by atoms with Gasteiger partial charge in [-0.1, -0.05) is 30.2 Å². The van der Waals surface area contributed by atoms with Gasteiger partial charge in [-0.05, 0) is 69.1 Å². The van der Waals surface area contributed by atoms with Crippen molar-refractivity contribution in [3.8, 4) is 17.1 Å². The highest BCUT2D eigenvalue weighted by atomic mass is 35.5. The largest absolute Gasteiger partial charge is 0.507 e. The van der Waals surface area contributed by atoms with Crippen molar-refractivity contribution in [3.05, 3.63) is 47.5 Å². The zero-order valence-corrected chi connectivity index (χ0v) is 17.9. The molecule has 3 aromatic rings. The Hall–Kier alpha value is -2.37. The molecule has 30 heavy (non-hydrogen) atoms. The second-order valence-electron chi connectivity index (χ2n) is 8.36. The molecule has 2 aliphatic rings. The van der Waals surface area contributed by atoms with E-state index >= 15 is 0 Å². The lowest BCUT2D eigenvalue weighted by Crippen LogP contribution is -2.47. The number of para-hydroxylation sites is 1. The van der Waals surface area contributed by atoms with Crippen molar-refractivity contribution in [2.24, 2.45) is 0 Å². The zero-order chi connectivity index (χ0) is 20.5. The van der Waals surface area contributed by atoms with Gasteiger partial charge < -0.3 is 14.9 Å². The van der Waals surface area contributed by atoms with Gasteiger partial charge in [0.15, 0.2) is 5.82 Å². The number of phenols is 1. The highest BCUT2D eigenvalue weighted by molar-refractivity contribution is 6.31. The summed E-state index contributed by atoms with van der Waals surface area (Å²) in [4.78, 5) is 14.7. The average Bonchev–Trinajstić information content (AvgIpc) is 2.79. The van der Waals surface area contributed by atoms with E-state index < -0.39 is 0 Å². The van der Waals surface area contributed by atoms with E-state index in [-0.39, 0.29) is 5.75 Å². The van der Waals surface area contributed by atoms with Crippen molar-refractivity contribution in [1.82, 2.24) is 14.9 Å². The van der Waals surface area contributed by atoms with E-state index in [1.807, 2.05) is 36.4 Å². The maximum Gasteiger partial charge on any atom is 0.165 e. The molecule has 0 bridgehead atoms. The lowest BCUT2D eigenvalue weighted by Gasteiger charge is -2.40. The van der Waals surface area contributed by atoms with Crippen LogP contribution in [0, 0.1) is 0 Å². The Bertz CT molecular complexity index is 1040. The standard InChI is InChI=1S/C24H27ClN4O/c25-17-8-9-19-21(16-17)26-23(20-6-2-3-7-22(20)30)27-24(19)29-14-10-18(11-15-29)28-12-4-1-5-13-28/h2-3,6-9,16,18,30H,1,4-5,10-15H2. The number of likely N-dealkylation sites (tertiary alicyclic amines) is 1. The minimum atomic E-state index is 0.189. The topological polar surface area (TPSA) is 52.5 Å². The predicted molar refractivity (Wildman–Crippen MR) is 122 cm³/mol. The molecule has 5 nitrogen and oxygen atoms in total. The fourth-order valence-electron chi connectivity index (χ4n) is 4.84. The fraction of sp³-hybridized carbons (Fsp3) is 0.417. The number of phenolic OH excluding ortho intramolecular Hbond substituents is 1. The van der Waals surface area contributed by atoms with Gasteiger partial charge in [-0.2, -0.15) is 0 Å². The summed E-state index contributed by atoms with van der Waals surface area (Å²) in [6.45, 7) is 4.46. The van der Waals surface area contributed by atoms with Crippen LogP contribution in [0.1, 0.15) is 32.1 Å². The number of benzene rings is 2. The molecule has 1 N–H and O–H groups in total. The Balaban J connectivity index is 1.48. The first-order chi connectivity index (χ1) is 14.7. The van der Waals surface area contributed by atoms with Crippen LogP contribution in [-0.2, 0) is 0 Å². The Labute approximate surface area is 182 Å². The van der Waals surface area contributed by atoms with E-state index in [0.29, 0.717) is 22.5 Å². The number of aromatic hydroxyl groups is 1. The molecule has 5 rings (SSSR count). The van der Waals surface area contributed by atoms with Crippen molar-refractivity contribution in [1.29, 1.82) is 0 Å². The summed E-state index contributed by atoms with van der Waals surface area (Å²) in [6, 6.07) is 13.7. The molecule has 0 atom stereocenters. The molecule has 0 unspecified atom stereocenters. The van der Waals surface area contributed by atoms with Crippen LogP contribution in [0.5, 0.6) is 5.75 Å². The molecule has 2 aromatic carbocycles. The summed E-state index contributed by atoms with van der Waals surface area (Å²) < 4.78 is 0. The maximum atomic E-state index is 10.3. The fourth-order valence-corrected chi connectivity index (χ4v) is 5.00. The van der Waals surface area contributed by atoms with E-state index in [1.165, 1.54) is 32.4 Å². The quantitative estimate of drug-likeness (QED) is 0.635. The molecule has 0 radical (unpaired) electrons. The summed E-state index contributed by atoms with van der Waals surface area (Å²) in [6.07, 6.45) is 6.36. The average molecular weight is 423 g/mol. The van der Waals surface area contributed by atoms with Crippen LogP contribution < -0.4 is 4.90 Å². The van der Waals surface area contributed by atoms with Crippen molar-refractivity contribution >= 4 is 28.3 Å². The van der Waals surface area contributed by atoms with E-state index in [0.717, 1.165) is 42.7 Å². The summed E-state index contributed by atoms with van der Waals surface area (Å²) in [5.74, 6) is 1.66. The zero-order valence-electron chi connectivity index (χ0n) is 17.1. The number of hydrogen-bond donors (Lipinski definition) is 1. The molecule has 2 fully saturated rings. The Kier molecular flexibility index (Phi) is 5.48. The lowest BCUT2D eigenvalue weighted by molar-refractivity contribution is 0.141. The smallest absolute Gasteiger partial charge is 0.165 e. The molecule has 3 heterocycles. The molecular weight excluding hydrogens is 396 g/mol. The second-order valence-corrected chi connectivity index (χ2v) is 8.80. The third-order valence-electron chi connectivity index (χ3n) is 6.45. The summed E-state index contributed by atoms with van der Waals surface area (Å²) in [7, 11) is 0. The second kappa shape index (κ2) is 8.40. The van der Waals surface area contributed by atoms with Crippen molar-refractivity contribution in [3.63, 3.8) is 0 Å². The minimum Gasteiger partial charge on any atom is -0.507 e. The Morgan fingerprint density at radius 3 is 2.43 bits per heavy atom. The van der Waals surface area contributed by atoms with E-state index in [4.69, 9.17) is 21.6 Å². The summed E-state index contributed by atoms with van der Waals surface area (Å²) in [5.41, 5.74) is 1.45. The number of hydrogen-bond acceptors (Lipinski definition) is 5. The summed E-state index contributed by atoms with van der Waals surface area (Å²) >= 11 is 6.26. The number of fused-ring (bicyclic) bond motifs is 1. The molecule has 0 spiro atoms. The van der Waals surface area contributed by atoms with Gasteiger partial charge in [0.25, 0.3) is 0 Å². The lowest BCUT2D eigenvalue weighted by atomic mass is 9.99. The first kappa shape index (κ1) is 19.6. The van der Waals surface area contributed by atoms with Crippen LogP contribution in [0.2, 0.25) is 5.02 Å². The van der Waals surface area contributed by atoms with Crippen molar-refractivity contribution in [2.45, 2.75) is 38.1 Å². The normalized spacial score (nSPS) is 18.8. The monoisotopic (exact) mass is 422 g/mol. The van der Waals surface area contributed by atoms with E-state index in [2.05, 4.69) is 9.80 Å². The Morgan fingerprint density at radius 1 is 0.900 bits per heavy atom. The molecule has 0 aliphatic carbocycles.